The van der Waals surface area contributed by atoms with Crippen molar-refractivity contribution < 1.29 is 4.79 Å². The summed E-state index contributed by atoms with van der Waals surface area (Å²) in [4.78, 5) is 47.3. The lowest BCUT2D eigenvalue weighted by Crippen LogP contribution is -2.49. The van der Waals surface area contributed by atoms with Gasteiger partial charge in [-0.3, -0.25) is 23.3 Å². The van der Waals surface area contributed by atoms with Gasteiger partial charge in [-0.1, -0.05) is 48.0 Å². The lowest BCUT2D eigenvalue weighted by molar-refractivity contribution is 0.0746. The van der Waals surface area contributed by atoms with Gasteiger partial charge in [-0.25, -0.2) is 4.79 Å². The summed E-state index contributed by atoms with van der Waals surface area (Å²) in [7, 11) is 3.12. The highest BCUT2D eigenvalue weighted by Gasteiger charge is 2.27. The van der Waals surface area contributed by atoms with Crippen molar-refractivity contribution in [3.05, 3.63) is 92.1 Å². The van der Waals surface area contributed by atoms with Gasteiger partial charge in [-0.15, -0.1) is 0 Å². The number of rotatable bonds is 4. The Morgan fingerprint density at radius 2 is 1.54 bits per heavy atom. The minimum atomic E-state index is -0.410. The third kappa shape index (κ3) is 4.03. The molecule has 0 spiro atoms. The van der Waals surface area contributed by atoms with E-state index in [0.717, 1.165) is 15.7 Å². The van der Waals surface area contributed by atoms with E-state index in [-0.39, 0.29) is 11.5 Å². The maximum atomic E-state index is 13.2. The highest BCUT2D eigenvalue weighted by atomic mass is 16.2. The van der Waals surface area contributed by atoms with Crippen molar-refractivity contribution in [1.29, 1.82) is 0 Å². The number of nitrogens with zero attached hydrogens (tertiary/aromatic N) is 6. The molecular formula is C26H28N6O3. The van der Waals surface area contributed by atoms with Crippen LogP contribution >= 0.6 is 0 Å². The van der Waals surface area contributed by atoms with Crippen molar-refractivity contribution in [2.24, 2.45) is 14.1 Å². The fourth-order valence-electron chi connectivity index (χ4n) is 4.58. The fraction of sp³-hybridized carbons (Fsp3) is 0.308. The molecule has 1 aliphatic rings. The zero-order chi connectivity index (χ0) is 24.7. The van der Waals surface area contributed by atoms with Gasteiger partial charge in [0.25, 0.3) is 11.5 Å². The summed E-state index contributed by atoms with van der Waals surface area (Å²) in [5, 5.41) is 0. The lowest BCUT2D eigenvalue weighted by atomic mass is 10.1. The molecule has 2 aromatic carbocycles. The van der Waals surface area contributed by atoms with Crippen LogP contribution < -0.4 is 16.1 Å². The van der Waals surface area contributed by atoms with E-state index >= 15 is 0 Å². The number of carbonyl (C=O) groups is 1. The Balaban J connectivity index is 1.52. The highest BCUT2D eigenvalue weighted by Crippen LogP contribution is 2.23. The smallest absolute Gasteiger partial charge is 0.332 e. The molecule has 9 heteroatoms. The number of hydrogen-bond donors (Lipinski definition) is 0. The third-order valence-electron chi connectivity index (χ3n) is 6.66. The van der Waals surface area contributed by atoms with Crippen LogP contribution in [-0.2, 0) is 20.6 Å². The SMILES string of the molecule is Cc1ccc(Cn2c(N3CCN(C(=O)c4ccccc4)CC3)nc3c2c(=O)n(C)c(=O)n3C)cc1. The number of aromatic nitrogens is 4. The number of aryl methyl sites for hydroxylation is 2. The molecule has 9 nitrogen and oxygen atoms in total. The first-order chi connectivity index (χ1) is 16.8. The number of fused-ring (bicyclic) bond motifs is 1. The molecule has 0 atom stereocenters. The Morgan fingerprint density at radius 1 is 0.886 bits per heavy atom. The molecule has 0 aliphatic carbocycles. The van der Waals surface area contributed by atoms with E-state index in [2.05, 4.69) is 4.90 Å². The molecule has 35 heavy (non-hydrogen) atoms. The van der Waals surface area contributed by atoms with Crippen LogP contribution in [0.5, 0.6) is 0 Å². The summed E-state index contributed by atoms with van der Waals surface area (Å²) in [5.41, 5.74) is 2.84. The maximum Gasteiger partial charge on any atom is 0.332 e. The topological polar surface area (TPSA) is 85.4 Å². The number of hydrogen-bond acceptors (Lipinski definition) is 5. The Labute approximate surface area is 202 Å². The van der Waals surface area contributed by atoms with Crippen molar-refractivity contribution >= 4 is 23.0 Å². The van der Waals surface area contributed by atoms with Crippen LogP contribution in [0.4, 0.5) is 5.95 Å². The summed E-state index contributed by atoms with van der Waals surface area (Å²) in [6.45, 7) is 4.71. The van der Waals surface area contributed by atoms with Crippen LogP contribution in [0.3, 0.4) is 0 Å². The van der Waals surface area contributed by atoms with Crippen molar-refractivity contribution in [2.45, 2.75) is 13.5 Å². The van der Waals surface area contributed by atoms with Gasteiger partial charge in [0.2, 0.25) is 5.95 Å². The van der Waals surface area contributed by atoms with E-state index in [0.29, 0.717) is 55.4 Å². The lowest BCUT2D eigenvalue weighted by Gasteiger charge is -2.35. The van der Waals surface area contributed by atoms with Crippen LogP contribution in [0, 0.1) is 6.92 Å². The molecule has 1 amide bonds. The summed E-state index contributed by atoms with van der Waals surface area (Å²) in [5.74, 6) is 0.639. The Kier molecular flexibility index (Phi) is 5.76. The fourth-order valence-corrected chi connectivity index (χ4v) is 4.58. The van der Waals surface area contributed by atoms with E-state index in [1.165, 1.54) is 11.6 Å². The molecule has 4 aromatic rings. The van der Waals surface area contributed by atoms with E-state index in [1.54, 1.807) is 7.05 Å². The first-order valence-electron chi connectivity index (χ1n) is 11.7. The zero-order valence-corrected chi connectivity index (χ0v) is 20.1. The van der Waals surface area contributed by atoms with Crippen molar-refractivity contribution in [3.8, 4) is 0 Å². The standard InChI is InChI=1S/C26H28N6O3/c1-18-9-11-19(12-10-18)17-32-21-22(28(2)26(35)29(3)24(21)34)27-25(32)31-15-13-30(14-16-31)23(33)20-7-5-4-6-8-20/h4-12H,13-17H2,1-3H3. The summed E-state index contributed by atoms with van der Waals surface area (Å²) in [6.07, 6.45) is 0. The van der Waals surface area contributed by atoms with Crippen molar-refractivity contribution in [1.82, 2.24) is 23.6 Å². The molecule has 0 bridgehead atoms. The van der Waals surface area contributed by atoms with Gasteiger partial charge in [0.15, 0.2) is 11.2 Å². The van der Waals surface area contributed by atoms with Gasteiger partial charge in [0.1, 0.15) is 0 Å². The van der Waals surface area contributed by atoms with Gasteiger partial charge >= 0.3 is 5.69 Å². The quantitative estimate of drug-likeness (QED) is 0.452. The van der Waals surface area contributed by atoms with Gasteiger partial charge in [0.05, 0.1) is 6.54 Å². The molecule has 1 saturated heterocycles. The van der Waals surface area contributed by atoms with Crippen LogP contribution in [0.25, 0.3) is 11.2 Å². The Hall–Kier alpha value is -4.14. The second kappa shape index (κ2) is 8.90. The number of carbonyl (C=O) groups excluding carboxylic acids is 1. The van der Waals surface area contributed by atoms with Gasteiger partial charge < -0.3 is 9.80 Å². The van der Waals surface area contributed by atoms with Gasteiger partial charge in [-0.2, -0.15) is 4.98 Å². The second-order valence-electron chi connectivity index (χ2n) is 9.01. The number of benzene rings is 2. The van der Waals surface area contributed by atoms with Crippen molar-refractivity contribution in [2.75, 3.05) is 31.1 Å². The van der Waals surface area contributed by atoms with Crippen LogP contribution in [-0.4, -0.2) is 55.7 Å². The minimum absolute atomic E-state index is 0.00896. The molecule has 0 unspecified atom stereocenters. The van der Waals surface area contributed by atoms with Crippen LogP contribution in [0.1, 0.15) is 21.5 Å². The van der Waals surface area contributed by atoms with Gasteiger partial charge in [0, 0.05) is 45.8 Å². The molecule has 0 saturated carbocycles. The highest BCUT2D eigenvalue weighted by molar-refractivity contribution is 5.94. The molecule has 1 fully saturated rings. The molecule has 1 aliphatic heterocycles. The average molecular weight is 473 g/mol. The normalized spacial score (nSPS) is 14.0. The van der Waals surface area contributed by atoms with E-state index in [1.807, 2.05) is 71.0 Å². The molecule has 0 radical (unpaired) electrons. The zero-order valence-electron chi connectivity index (χ0n) is 20.1. The minimum Gasteiger partial charge on any atom is -0.339 e. The largest absolute Gasteiger partial charge is 0.339 e. The van der Waals surface area contributed by atoms with Crippen LogP contribution in [0.15, 0.2) is 64.2 Å². The maximum absolute atomic E-state index is 13.2. The van der Waals surface area contributed by atoms with Gasteiger partial charge in [-0.05, 0) is 24.6 Å². The van der Waals surface area contributed by atoms with E-state index in [4.69, 9.17) is 4.98 Å². The summed E-state index contributed by atoms with van der Waals surface area (Å²) < 4.78 is 4.44. The first kappa shape index (κ1) is 22.6. The van der Waals surface area contributed by atoms with Crippen molar-refractivity contribution in [3.63, 3.8) is 0 Å². The number of piperazine rings is 1. The molecule has 3 heterocycles. The third-order valence-corrected chi connectivity index (χ3v) is 6.66. The average Bonchev–Trinajstić information content (AvgIpc) is 3.27. The summed E-state index contributed by atoms with van der Waals surface area (Å²) in [6, 6.07) is 17.4. The summed E-state index contributed by atoms with van der Waals surface area (Å²) >= 11 is 0. The van der Waals surface area contributed by atoms with E-state index in [9.17, 15) is 14.4 Å². The van der Waals surface area contributed by atoms with E-state index < -0.39 is 5.69 Å². The molecular weight excluding hydrogens is 444 g/mol. The predicted octanol–water partition coefficient (Wildman–Crippen LogP) is 1.75. The molecule has 180 valence electrons. The Bertz CT molecular complexity index is 1510. The predicted molar refractivity (Wildman–Crippen MR) is 135 cm³/mol. The number of imidazole rings is 1. The monoisotopic (exact) mass is 472 g/mol. The number of amides is 1. The molecule has 2 aromatic heterocycles. The first-order valence-corrected chi connectivity index (χ1v) is 11.7. The molecule has 5 rings (SSSR count). The second-order valence-corrected chi connectivity index (χ2v) is 9.01. The Morgan fingerprint density at radius 3 is 2.20 bits per heavy atom. The molecule has 0 N–H and O–H groups in total. The number of anilines is 1. The van der Waals surface area contributed by atoms with Crippen LogP contribution in [0.2, 0.25) is 0 Å².